The van der Waals surface area contributed by atoms with E-state index in [0.717, 1.165) is 19.3 Å². The van der Waals surface area contributed by atoms with E-state index in [-0.39, 0.29) is 12.6 Å². The van der Waals surface area contributed by atoms with Crippen LogP contribution in [0.25, 0.3) is 0 Å². The maximum absolute atomic E-state index is 10.9. The number of hydrogen-bond acceptors (Lipinski definition) is 3. The van der Waals surface area contributed by atoms with Crippen molar-refractivity contribution in [3.05, 3.63) is 12.2 Å². The van der Waals surface area contributed by atoms with Crippen molar-refractivity contribution in [1.29, 1.82) is 0 Å². The van der Waals surface area contributed by atoms with Crippen LogP contribution in [0.15, 0.2) is 12.2 Å². The third kappa shape index (κ3) is 7.80. The zero-order chi connectivity index (χ0) is 10.8. The molecule has 82 valence electrons. The van der Waals surface area contributed by atoms with Crippen LogP contribution in [0.3, 0.4) is 0 Å². The standard InChI is InChI=1S/C11H20O3/c1-3-14-11(13)8-4-6-10(2)7-5-9-12/h4,8,10,12H,3,5-7,9H2,1-2H3/b8-4+. The smallest absolute Gasteiger partial charge is 0.330 e. The number of allylic oxidation sites excluding steroid dienone is 1. The fourth-order valence-electron chi connectivity index (χ4n) is 1.14. The quantitative estimate of drug-likeness (QED) is 0.504. The number of carbonyl (C=O) groups excluding carboxylic acids is 1. The van der Waals surface area contributed by atoms with E-state index in [4.69, 9.17) is 9.84 Å². The SMILES string of the molecule is CCOC(=O)/C=C/CC(C)CCCO. The average molecular weight is 200 g/mol. The largest absolute Gasteiger partial charge is 0.463 e. The maximum Gasteiger partial charge on any atom is 0.330 e. The second kappa shape index (κ2) is 8.75. The second-order valence-electron chi connectivity index (χ2n) is 3.36. The summed E-state index contributed by atoms with van der Waals surface area (Å²) in [6.07, 6.45) is 5.98. The van der Waals surface area contributed by atoms with Crippen molar-refractivity contribution >= 4 is 5.97 Å². The van der Waals surface area contributed by atoms with Crippen molar-refractivity contribution in [2.45, 2.75) is 33.1 Å². The van der Waals surface area contributed by atoms with Gasteiger partial charge in [0, 0.05) is 12.7 Å². The predicted molar refractivity (Wildman–Crippen MR) is 55.9 cm³/mol. The van der Waals surface area contributed by atoms with Crippen LogP contribution in [0.4, 0.5) is 0 Å². The Kier molecular flexibility index (Phi) is 8.24. The molecule has 0 fully saturated rings. The molecule has 1 unspecified atom stereocenters. The molecule has 0 aliphatic carbocycles. The Morgan fingerprint density at radius 3 is 2.86 bits per heavy atom. The fourth-order valence-corrected chi connectivity index (χ4v) is 1.14. The van der Waals surface area contributed by atoms with Crippen LogP contribution in [-0.2, 0) is 9.53 Å². The van der Waals surface area contributed by atoms with E-state index < -0.39 is 0 Å². The van der Waals surface area contributed by atoms with E-state index in [0.29, 0.717) is 12.5 Å². The lowest BCUT2D eigenvalue weighted by molar-refractivity contribution is -0.137. The van der Waals surface area contributed by atoms with Gasteiger partial charge in [0.25, 0.3) is 0 Å². The van der Waals surface area contributed by atoms with Crippen molar-refractivity contribution in [1.82, 2.24) is 0 Å². The van der Waals surface area contributed by atoms with Crippen molar-refractivity contribution < 1.29 is 14.6 Å². The Bertz CT molecular complexity index is 175. The molecular formula is C11H20O3. The lowest BCUT2D eigenvalue weighted by Crippen LogP contribution is -2.00. The molecule has 0 heterocycles. The topological polar surface area (TPSA) is 46.5 Å². The summed E-state index contributed by atoms with van der Waals surface area (Å²) in [5, 5.41) is 8.61. The van der Waals surface area contributed by atoms with Gasteiger partial charge in [-0.15, -0.1) is 0 Å². The first kappa shape index (κ1) is 13.2. The van der Waals surface area contributed by atoms with Gasteiger partial charge < -0.3 is 9.84 Å². The lowest BCUT2D eigenvalue weighted by atomic mass is 10.0. The molecular weight excluding hydrogens is 180 g/mol. The first-order chi connectivity index (χ1) is 6.70. The Hall–Kier alpha value is -0.830. The van der Waals surface area contributed by atoms with Crippen LogP contribution in [-0.4, -0.2) is 24.3 Å². The highest BCUT2D eigenvalue weighted by Gasteiger charge is 1.99. The van der Waals surface area contributed by atoms with Gasteiger partial charge >= 0.3 is 5.97 Å². The Morgan fingerprint density at radius 2 is 2.29 bits per heavy atom. The minimum absolute atomic E-state index is 0.242. The molecule has 1 N–H and O–H groups in total. The van der Waals surface area contributed by atoms with Gasteiger partial charge in [0.1, 0.15) is 0 Å². The molecule has 0 rings (SSSR count). The molecule has 1 atom stereocenters. The summed E-state index contributed by atoms with van der Waals surface area (Å²) in [6, 6.07) is 0. The molecule has 0 saturated carbocycles. The van der Waals surface area contributed by atoms with Crippen LogP contribution < -0.4 is 0 Å². The molecule has 0 spiro atoms. The van der Waals surface area contributed by atoms with Gasteiger partial charge in [-0.25, -0.2) is 4.79 Å². The van der Waals surface area contributed by atoms with Gasteiger partial charge in [-0.2, -0.15) is 0 Å². The van der Waals surface area contributed by atoms with E-state index in [1.54, 1.807) is 6.92 Å². The summed E-state index contributed by atoms with van der Waals surface area (Å²) in [6.45, 7) is 4.55. The first-order valence-corrected chi connectivity index (χ1v) is 5.14. The Labute approximate surface area is 85.8 Å². The summed E-state index contributed by atoms with van der Waals surface area (Å²) >= 11 is 0. The van der Waals surface area contributed by atoms with E-state index >= 15 is 0 Å². The van der Waals surface area contributed by atoms with Crippen molar-refractivity contribution in [2.75, 3.05) is 13.2 Å². The highest BCUT2D eigenvalue weighted by atomic mass is 16.5. The fraction of sp³-hybridized carbons (Fsp3) is 0.727. The van der Waals surface area contributed by atoms with Crippen LogP contribution >= 0.6 is 0 Å². The van der Waals surface area contributed by atoms with Gasteiger partial charge in [-0.1, -0.05) is 13.0 Å². The molecule has 0 amide bonds. The van der Waals surface area contributed by atoms with Crippen LogP contribution in [0.1, 0.15) is 33.1 Å². The number of carbonyl (C=O) groups is 1. The summed E-state index contributed by atoms with van der Waals surface area (Å²) in [5.74, 6) is 0.231. The number of rotatable bonds is 7. The van der Waals surface area contributed by atoms with Crippen LogP contribution in [0, 0.1) is 5.92 Å². The molecule has 0 aromatic rings. The van der Waals surface area contributed by atoms with Crippen LogP contribution in [0.2, 0.25) is 0 Å². The van der Waals surface area contributed by atoms with E-state index in [1.165, 1.54) is 6.08 Å². The van der Waals surface area contributed by atoms with Crippen molar-refractivity contribution in [2.24, 2.45) is 5.92 Å². The van der Waals surface area contributed by atoms with Gasteiger partial charge in [0.15, 0.2) is 0 Å². The highest BCUT2D eigenvalue weighted by molar-refractivity contribution is 5.81. The van der Waals surface area contributed by atoms with Crippen molar-refractivity contribution in [3.63, 3.8) is 0 Å². The minimum atomic E-state index is -0.276. The number of esters is 1. The average Bonchev–Trinajstić information content (AvgIpc) is 2.15. The molecule has 0 radical (unpaired) electrons. The number of aliphatic hydroxyl groups is 1. The number of hydrogen-bond donors (Lipinski definition) is 1. The van der Waals surface area contributed by atoms with E-state index in [9.17, 15) is 4.79 Å². The summed E-state index contributed by atoms with van der Waals surface area (Å²) < 4.78 is 4.74. The highest BCUT2D eigenvalue weighted by Crippen LogP contribution is 2.10. The summed E-state index contributed by atoms with van der Waals surface area (Å²) in [5.41, 5.74) is 0. The Balaban J connectivity index is 3.54. The van der Waals surface area contributed by atoms with Crippen molar-refractivity contribution in [3.8, 4) is 0 Å². The lowest BCUT2D eigenvalue weighted by Gasteiger charge is -2.05. The maximum atomic E-state index is 10.9. The van der Waals surface area contributed by atoms with Gasteiger partial charge in [0.2, 0.25) is 0 Å². The molecule has 0 aliphatic heterocycles. The zero-order valence-corrected chi connectivity index (χ0v) is 9.03. The third-order valence-corrected chi connectivity index (χ3v) is 1.93. The molecule has 0 aromatic carbocycles. The molecule has 0 saturated heterocycles. The molecule has 3 nitrogen and oxygen atoms in total. The summed E-state index contributed by atoms with van der Waals surface area (Å²) in [4.78, 5) is 10.9. The van der Waals surface area contributed by atoms with Crippen LogP contribution in [0.5, 0.6) is 0 Å². The first-order valence-electron chi connectivity index (χ1n) is 5.14. The van der Waals surface area contributed by atoms with Gasteiger partial charge in [-0.3, -0.25) is 0 Å². The monoisotopic (exact) mass is 200 g/mol. The minimum Gasteiger partial charge on any atom is -0.463 e. The molecule has 0 aromatic heterocycles. The van der Waals surface area contributed by atoms with E-state index in [1.807, 2.05) is 6.08 Å². The molecule has 3 heteroatoms. The Morgan fingerprint density at radius 1 is 1.57 bits per heavy atom. The third-order valence-electron chi connectivity index (χ3n) is 1.93. The predicted octanol–water partition coefficient (Wildman–Crippen LogP) is 1.90. The number of aliphatic hydroxyl groups excluding tert-OH is 1. The van der Waals surface area contributed by atoms with Gasteiger partial charge in [0.05, 0.1) is 6.61 Å². The second-order valence-corrected chi connectivity index (χ2v) is 3.36. The number of ether oxygens (including phenoxy) is 1. The molecule has 0 aliphatic rings. The zero-order valence-electron chi connectivity index (χ0n) is 9.03. The summed E-state index contributed by atoms with van der Waals surface area (Å²) in [7, 11) is 0. The van der Waals surface area contributed by atoms with E-state index in [2.05, 4.69) is 6.92 Å². The molecule has 14 heavy (non-hydrogen) atoms. The van der Waals surface area contributed by atoms with Gasteiger partial charge in [-0.05, 0) is 32.1 Å². The normalized spacial score (nSPS) is 13.1. The molecule has 0 bridgehead atoms.